The maximum Gasteiger partial charge on any atom is 0.317 e. The van der Waals surface area contributed by atoms with Crippen LogP contribution < -0.4 is 5.32 Å². The first kappa shape index (κ1) is 31.9. The Kier molecular flexibility index (Phi) is 11.7. The smallest absolute Gasteiger partial charge is 0.317 e. The van der Waals surface area contributed by atoms with E-state index in [9.17, 15) is 9.59 Å². The molecule has 1 N–H and O–H groups in total. The standard InChI is InChI=1S/C34H42Cl2N4O2/c1-38(2)33(42)37-34(29-15-7-4-8-16-29)19-24-39(25-20-34)21-9-10-22-40(32(41)28-13-5-3-6-14-28)23-11-12-27-17-18-30(35)31(36)26-27/h3-8,13-18,26H,9-12,19-25H2,1-2H3,(H,37,42). The number of amides is 3. The van der Waals surface area contributed by atoms with Gasteiger partial charge in [-0.2, -0.15) is 0 Å². The number of carbonyl (C=O) groups excluding carboxylic acids is 2. The number of rotatable bonds is 12. The van der Waals surface area contributed by atoms with Crippen molar-refractivity contribution in [2.24, 2.45) is 0 Å². The van der Waals surface area contributed by atoms with Gasteiger partial charge in [-0.05, 0) is 80.5 Å². The molecular formula is C34H42Cl2N4O2. The van der Waals surface area contributed by atoms with Crippen molar-refractivity contribution in [2.75, 3.05) is 46.8 Å². The van der Waals surface area contributed by atoms with Crippen LogP contribution in [0.15, 0.2) is 78.9 Å². The summed E-state index contributed by atoms with van der Waals surface area (Å²) in [4.78, 5) is 32.1. The second-order valence-corrected chi connectivity index (χ2v) is 12.1. The Morgan fingerprint density at radius 2 is 1.48 bits per heavy atom. The summed E-state index contributed by atoms with van der Waals surface area (Å²) in [6, 6.07) is 25.5. The van der Waals surface area contributed by atoms with Crippen LogP contribution in [-0.4, -0.2) is 73.5 Å². The minimum atomic E-state index is -0.355. The summed E-state index contributed by atoms with van der Waals surface area (Å²) in [6.07, 6.45) is 5.35. The van der Waals surface area contributed by atoms with Crippen molar-refractivity contribution in [1.29, 1.82) is 0 Å². The lowest BCUT2D eigenvalue weighted by molar-refractivity contribution is 0.0746. The molecule has 3 amide bonds. The fourth-order valence-corrected chi connectivity index (χ4v) is 5.92. The first-order valence-electron chi connectivity index (χ1n) is 14.8. The van der Waals surface area contributed by atoms with Gasteiger partial charge in [0.15, 0.2) is 0 Å². The SMILES string of the molecule is CN(C)C(=O)NC1(c2ccccc2)CCN(CCCCN(CCCc2ccc(Cl)c(Cl)c2)C(=O)c2ccccc2)CC1. The predicted octanol–water partition coefficient (Wildman–Crippen LogP) is 7.11. The lowest BCUT2D eigenvalue weighted by Crippen LogP contribution is -2.55. The number of hydrogen-bond acceptors (Lipinski definition) is 3. The van der Waals surface area contributed by atoms with Crippen LogP contribution in [0.3, 0.4) is 0 Å². The van der Waals surface area contributed by atoms with Gasteiger partial charge in [0.05, 0.1) is 15.6 Å². The Labute approximate surface area is 260 Å². The van der Waals surface area contributed by atoms with E-state index >= 15 is 0 Å². The van der Waals surface area contributed by atoms with Crippen molar-refractivity contribution in [3.8, 4) is 0 Å². The molecule has 1 aliphatic rings. The van der Waals surface area contributed by atoms with E-state index in [1.165, 1.54) is 0 Å². The molecule has 4 rings (SSSR count). The van der Waals surface area contributed by atoms with Crippen molar-refractivity contribution in [3.05, 3.63) is 106 Å². The molecule has 0 aliphatic carbocycles. The van der Waals surface area contributed by atoms with E-state index in [-0.39, 0.29) is 17.5 Å². The van der Waals surface area contributed by atoms with E-state index in [4.69, 9.17) is 23.2 Å². The highest BCUT2D eigenvalue weighted by Gasteiger charge is 2.37. The quantitative estimate of drug-likeness (QED) is 0.223. The van der Waals surface area contributed by atoms with Crippen LogP contribution in [0, 0.1) is 0 Å². The summed E-state index contributed by atoms with van der Waals surface area (Å²) in [5.74, 6) is 0.0759. The van der Waals surface area contributed by atoms with Crippen molar-refractivity contribution in [2.45, 2.75) is 44.1 Å². The molecule has 1 saturated heterocycles. The average molecular weight is 610 g/mol. The zero-order valence-electron chi connectivity index (χ0n) is 24.7. The zero-order chi connectivity index (χ0) is 30.0. The Bertz CT molecular complexity index is 1300. The monoisotopic (exact) mass is 608 g/mol. The molecular weight excluding hydrogens is 567 g/mol. The third-order valence-electron chi connectivity index (χ3n) is 8.13. The molecule has 0 unspecified atom stereocenters. The summed E-state index contributed by atoms with van der Waals surface area (Å²) < 4.78 is 0. The third-order valence-corrected chi connectivity index (χ3v) is 8.87. The van der Waals surface area contributed by atoms with E-state index in [0.29, 0.717) is 16.6 Å². The highest BCUT2D eigenvalue weighted by molar-refractivity contribution is 6.42. The van der Waals surface area contributed by atoms with Gasteiger partial charge in [0.1, 0.15) is 0 Å². The summed E-state index contributed by atoms with van der Waals surface area (Å²) >= 11 is 12.3. The molecule has 1 heterocycles. The molecule has 0 saturated carbocycles. The molecule has 0 radical (unpaired) electrons. The van der Waals surface area contributed by atoms with Gasteiger partial charge in [-0.15, -0.1) is 0 Å². The lowest BCUT2D eigenvalue weighted by Gasteiger charge is -2.43. The molecule has 224 valence electrons. The highest BCUT2D eigenvalue weighted by atomic mass is 35.5. The number of likely N-dealkylation sites (tertiary alicyclic amines) is 1. The van der Waals surface area contributed by atoms with Crippen LogP contribution in [0.1, 0.15) is 53.6 Å². The number of carbonyl (C=O) groups is 2. The maximum atomic E-state index is 13.4. The molecule has 1 aliphatic heterocycles. The van der Waals surface area contributed by atoms with Crippen molar-refractivity contribution in [1.82, 2.24) is 20.0 Å². The Balaban J connectivity index is 1.29. The molecule has 42 heavy (non-hydrogen) atoms. The van der Waals surface area contributed by atoms with Gasteiger partial charge in [0.25, 0.3) is 5.91 Å². The Morgan fingerprint density at radius 3 is 2.12 bits per heavy atom. The summed E-state index contributed by atoms with van der Waals surface area (Å²) in [5, 5.41) is 4.43. The topological polar surface area (TPSA) is 55.9 Å². The first-order chi connectivity index (χ1) is 20.3. The van der Waals surface area contributed by atoms with E-state index in [0.717, 1.165) is 81.4 Å². The third kappa shape index (κ3) is 8.73. The number of nitrogens with zero attached hydrogens (tertiary/aromatic N) is 3. The number of benzene rings is 3. The molecule has 0 aromatic heterocycles. The van der Waals surface area contributed by atoms with Crippen LogP contribution in [-0.2, 0) is 12.0 Å². The summed E-state index contributed by atoms with van der Waals surface area (Å²) in [5.41, 5.74) is 2.65. The number of nitrogens with one attached hydrogen (secondary N) is 1. The molecule has 1 fully saturated rings. The van der Waals surface area contributed by atoms with Crippen LogP contribution in [0.4, 0.5) is 4.79 Å². The van der Waals surface area contributed by atoms with Crippen LogP contribution >= 0.6 is 23.2 Å². The zero-order valence-corrected chi connectivity index (χ0v) is 26.2. The number of urea groups is 1. The largest absolute Gasteiger partial charge is 0.339 e. The number of hydrogen-bond donors (Lipinski definition) is 1. The number of unbranched alkanes of at least 4 members (excludes halogenated alkanes) is 1. The van der Waals surface area contributed by atoms with E-state index in [1.54, 1.807) is 19.0 Å². The van der Waals surface area contributed by atoms with Gasteiger partial charge in [0, 0.05) is 45.8 Å². The lowest BCUT2D eigenvalue weighted by atomic mass is 9.81. The molecule has 0 spiro atoms. The highest BCUT2D eigenvalue weighted by Crippen LogP contribution is 2.33. The van der Waals surface area contributed by atoms with Gasteiger partial charge in [-0.3, -0.25) is 4.79 Å². The second kappa shape index (κ2) is 15.4. The first-order valence-corrected chi connectivity index (χ1v) is 15.6. The fourth-order valence-electron chi connectivity index (χ4n) is 5.60. The minimum Gasteiger partial charge on any atom is -0.339 e. The summed E-state index contributed by atoms with van der Waals surface area (Å²) in [6.45, 7) is 4.21. The fraction of sp³-hybridized carbons (Fsp3) is 0.412. The van der Waals surface area contributed by atoms with Crippen molar-refractivity contribution < 1.29 is 9.59 Å². The maximum absolute atomic E-state index is 13.4. The Hall–Kier alpha value is -3.06. The van der Waals surface area contributed by atoms with E-state index < -0.39 is 0 Å². The summed E-state index contributed by atoms with van der Waals surface area (Å²) in [7, 11) is 3.56. The van der Waals surface area contributed by atoms with E-state index in [1.807, 2.05) is 71.6 Å². The minimum absolute atomic E-state index is 0.0605. The van der Waals surface area contributed by atoms with E-state index in [2.05, 4.69) is 22.3 Å². The van der Waals surface area contributed by atoms with Crippen LogP contribution in [0.5, 0.6) is 0 Å². The van der Waals surface area contributed by atoms with Gasteiger partial charge in [0.2, 0.25) is 0 Å². The average Bonchev–Trinajstić information content (AvgIpc) is 3.01. The molecule has 0 atom stereocenters. The molecule has 0 bridgehead atoms. The van der Waals surface area contributed by atoms with Crippen molar-refractivity contribution in [3.63, 3.8) is 0 Å². The van der Waals surface area contributed by atoms with Crippen molar-refractivity contribution >= 4 is 35.1 Å². The van der Waals surface area contributed by atoms with Crippen LogP contribution in [0.25, 0.3) is 0 Å². The van der Waals surface area contributed by atoms with Gasteiger partial charge in [-0.25, -0.2) is 4.79 Å². The number of halogens is 2. The number of aryl methyl sites for hydroxylation is 1. The molecule has 8 heteroatoms. The molecule has 3 aromatic carbocycles. The van der Waals surface area contributed by atoms with Crippen LogP contribution in [0.2, 0.25) is 10.0 Å². The second-order valence-electron chi connectivity index (χ2n) is 11.3. The van der Waals surface area contributed by atoms with Gasteiger partial charge >= 0.3 is 6.03 Å². The molecule has 6 nitrogen and oxygen atoms in total. The predicted molar refractivity (Wildman–Crippen MR) is 172 cm³/mol. The van der Waals surface area contributed by atoms with Gasteiger partial charge < -0.3 is 20.0 Å². The molecule has 3 aromatic rings. The normalized spacial score (nSPS) is 14.8. The Morgan fingerprint density at radius 1 is 0.833 bits per heavy atom. The number of piperidine rings is 1. The van der Waals surface area contributed by atoms with Gasteiger partial charge in [-0.1, -0.05) is 77.8 Å².